The monoisotopic (exact) mass is 797 g/mol. The standard InChI is InChI=1S/C41H81O12P/c1-3-5-7-9-11-13-15-17-19-21-23-25-27-29-40(45)50-35-39(36-52-54(47,48)51-34-38(44)33-49-32-37(43)31-42)53-41(46)30-28-26-24-22-20-18-16-14-12-10-8-6-4-2/h37-39,42-44H,3-36H2,1-2H3,(H,47,48). The number of esters is 2. The molecule has 322 valence electrons. The van der Waals surface area contributed by atoms with Crippen LogP contribution in [0.1, 0.15) is 194 Å². The molecule has 0 aliphatic heterocycles. The third-order valence-corrected chi connectivity index (χ3v) is 10.3. The normalized spacial score (nSPS) is 14.4. The van der Waals surface area contributed by atoms with Crippen molar-refractivity contribution in [2.75, 3.05) is 39.6 Å². The van der Waals surface area contributed by atoms with Gasteiger partial charge in [0.05, 0.1) is 33.0 Å². The average Bonchev–Trinajstić information content (AvgIpc) is 3.15. The summed E-state index contributed by atoms with van der Waals surface area (Å²) in [6, 6.07) is 0. The summed E-state index contributed by atoms with van der Waals surface area (Å²) < 4.78 is 38.2. The number of unbranched alkanes of at least 4 members (excludes halogenated alkanes) is 24. The van der Waals surface area contributed by atoms with Crippen molar-refractivity contribution in [3.05, 3.63) is 0 Å². The van der Waals surface area contributed by atoms with Crippen LogP contribution in [0.2, 0.25) is 0 Å². The molecule has 13 heteroatoms. The maximum absolute atomic E-state index is 12.7. The number of hydrogen-bond acceptors (Lipinski definition) is 11. The zero-order valence-electron chi connectivity index (χ0n) is 34.3. The number of aliphatic hydroxyl groups excluding tert-OH is 3. The lowest BCUT2D eigenvalue weighted by atomic mass is 10.0. The molecule has 0 aliphatic rings. The Bertz CT molecular complexity index is 892. The molecule has 0 saturated heterocycles. The Hall–Kier alpha value is -1.11. The molecule has 0 saturated carbocycles. The Labute approximate surface area is 328 Å². The van der Waals surface area contributed by atoms with Crippen molar-refractivity contribution < 1.29 is 57.6 Å². The molecule has 0 aromatic carbocycles. The molecule has 4 N–H and O–H groups in total. The summed E-state index contributed by atoms with van der Waals surface area (Å²) >= 11 is 0. The largest absolute Gasteiger partial charge is 0.472 e. The van der Waals surface area contributed by atoms with Crippen molar-refractivity contribution in [2.45, 2.75) is 212 Å². The summed E-state index contributed by atoms with van der Waals surface area (Å²) in [5, 5.41) is 28.1. The topological polar surface area (TPSA) is 178 Å². The second-order valence-corrected chi connectivity index (χ2v) is 16.3. The van der Waals surface area contributed by atoms with Gasteiger partial charge in [-0.2, -0.15) is 0 Å². The molecule has 0 fully saturated rings. The first kappa shape index (κ1) is 52.9. The molecule has 0 spiro atoms. The second-order valence-electron chi connectivity index (χ2n) is 14.9. The molecule has 0 heterocycles. The second kappa shape index (κ2) is 38.7. The van der Waals surface area contributed by atoms with Gasteiger partial charge in [-0.1, -0.05) is 168 Å². The highest BCUT2D eigenvalue weighted by Gasteiger charge is 2.27. The highest BCUT2D eigenvalue weighted by atomic mass is 31.2. The van der Waals surface area contributed by atoms with Gasteiger partial charge >= 0.3 is 19.8 Å². The predicted molar refractivity (Wildman–Crippen MR) is 213 cm³/mol. The van der Waals surface area contributed by atoms with Crippen LogP contribution in [-0.4, -0.2) is 90.1 Å². The molecule has 0 aromatic heterocycles. The third kappa shape index (κ3) is 37.8. The molecule has 12 nitrogen and oxygen atoms in total. The van der Waals surface area contributed by atoms with E-state index in [2.05, 4.69) is 13.8 Å². The van der Waals surface area contributed by atoms with Crippen LogP contribution in [0.4, 0.5) is 0 Å². The van der Waals surface area contributed by atoms with Gasteiger partial charge < -0.3 is 34.4 Å². The van der Waals surface area contributed by atoms with Gasteiger partial charge in [-0.25, -0.2) is 4.57 Å². The minimum atomic E-state index is -4.68. The van der Waals surface area contributed by atoms with Crippen LogP contribution in [0.3, 0.4) is 0 Å². The van der Waals surface area contributed by atoms with Gasteiger partial charge in [-0.3, -0.25) is 18.6 Å². The van der Waals surface area contributed by atoms with Gasteiger partial charge in [0, 0.05) is 12.8 Å². The van der Waals surface area contributed by atoms with Crippen molar-refractivity contribution >= 4 is 19.8 Å². The van der Waals surface area contributed by atoms with Gasteiger partial charge in [0.1, 0.15) is 18.8 Å². The Morgan fingerprint density at radius 2 is 0.870 bits per heavy atom. The lowest BCUT2D eigenvalue weighted by Crippen LogP contribution is -2.30. The molecular formula is C41H81O12P. The quantitative estimate of drug-likeness (QED) is 0.0262. The van der Waals surface area contributed by atoms with E-state index in [0.717, 1.165) is 38.5 Å². The van der Waals surface area contributed by atoms with Crippen molar-refractivity contribution in [2.24, 2.45) is 0 Å². The fourth-order valence-electron chi connectivity index (χ4n) is 6.03. The molecule has 0 aromatic rings. The van der Waals surface area contributed by atoms with Crippen LogP contribution in [-0.2, 0) is 37.4 Å². The summed E-state index contributed by atoms with van der Waals surface area (Å²) in [5.41, 5.74) is 0. The van der Waals surface area contributed by atoms with Crippen LogP contribution in [0.25, 0.3) is 0 Å². The smallest absolute Gasteiger partial charge is 0.462 e. The molecular weight excluding hydrogens is 715 g/mol. The molecule has 0 aliphatic carbocycles. The van der Waals surface area contributed by atoms with E-state index < -0.39 is 57.9 Å². The molecule has 0 bridgehead atoms. The summed E-state index contributed by atoms with van der Waals surface area (Å²) in [5.74, 6) is -0.945. The number of phosphoric ester groups is 1. The Kier molecular flexibility index (Phi) is 38.0. The van der Waals surface area contributed by atoms with Crippen molar-refractivity contribution in [3.8, 4) is 0 Å². The number of ether oxygens (including phenoxy) is 3. The Morgan fingerprint density at radius 3 is 1.30 bits per heavy atom. The van der Waals surface area contributed by atoms with Gasteiger partial charge in [0.15, 0.2) is 6.10 Å². The van der Waals surface area contributed by atoms with Gasteiger partial charge in [0.2, 0.25) is 0 Å². The predicted octanol–water partition coefficient (Wildman–Crippen LogP) is 9.27. The minimum absolute atomic E-state index is 0.172. The molecule has 0 radical (unpaired) electrons. The lowest BCUT2D eigenvalue weighted by molar-refractivity contribution is -0.161. The highest BCUT2D eigenvalue weighted by molar-refractivity contribution is 7.47. The van der Waals surface area contributed by atoms with Crippen LogP contribution in [0.5, 0.6) is 0 Å². The summed E-state index contributed by atoms with van der Waals surface area (Å²) in [4.78, 5) is 35.3. The van der Waals surface area contributed by atoms with Crippen molar-refractivity contribution in [3.63, 3.8) is 0 Å². The number of phosphoric acid groups is 1. The zero-order valence-corrected chi connectivity index (χ0v) is 35.2. The van der Waals surface area contributed by atoms with E-state index in [1.54, 1.807) is 0 Å². The van der Waals surface area contributed by atoms with E-state index in [4.69, 9.17) is 28.4 Å². The summed E-state index contributed by atoms with van der Waals surface area (Å²) in [6.45, 7) is 1.92. The van der Waals surface area contributed by atoms with Crippen LogP contribution >= 0.6 is 7.82 Å². The SMILES string of the molecule is CCCCCCCCCCCCCCCC(=O)OCC(COP(=O)(O)OCC(O)COCC(O)CO)OC(=O)CCCCCCCCCCCCCCC. The molecule has 4 unspecified atom stereocenters. The minimum Gasteiger partial charge on any atom is -0.462 e. The fourth-order valence-corrected chi connectivity index (χ4v) is 6.82. The van der Waals surface area contributed by atoms with E-state index >= 15 is 0 Å². The fraction of sp³-hybridized carbons (Fsp3) is 0.951. The van der Waals surface area contributed by atoms with E-state index in [1.807, 2.05) is 0 Å². The van der Waals surface area contributed by atoms with Crippen LogP contribution in [0.15, 0.2) is 0 Å². The third-order valence-electron chi connectivity index (χ3n) is 9.38. The number of carbonyl (C=O) groups excluding carboxylic acids is 2. The lowest BCUT2D eigenvalue weighted by Gasteiger charge is -2.20. The number of carbonyl (C=O) groups is 2. The van der Waals surface area contributed by atoms with Crippen molar-refractivity contribution in [1.82, 2.24) is 0 Å². The number of rotatable bonds is 42. The average molecular weight is 797 g/mol. The zero-order chi connectivity index (χ0) is 40.0. The maximum atomic E-state index is 12.7. The summed E-state index contributed by atoms with van der Waals surface area (Å²) in [6.07, 6.45) is 27.8. The summed E-state index contributed by atoms with van der Waals surface area (Å²) in [7, 11) is -4.68. The van der Waals surface area contributed by atoms with Gasteiger partial charge in [0.25, 0.3) is 0 Å². The number of hydrogen-bond donors (Lipinski definition) is 4. The van der Waals surface area contributed by atoms with Crippen LogP contribution < -0.4 is 0 Å². The van der Waals surface area contributed by atoms with Crippen molar-refractivity contribution in [1.29, 1.82) is 0 Å². The molecule has 0 rings (SSSR count). The molecule has 0 amide bonds. The Morgan fingerprint density at radius 1 is 0.500 bits per heavy atom. The van der Waals surface area contributed by atoms with E-state index in [9.17, 15) is 29.3 Å². The first-order valence-corrected chi connectivity index (χ1v) is 23.1. The van der Waals surface area contributed by atoms with Gasteiger partial charge in [-0.05, 0) is 12.8 Å². The molecule has 54 heavy (non-hydrogen) atoms. The number of aliphatic hydroxyl groups is 3. The first-order chi connectivity index (χ1) is 26.1. The van der Waals surface area contributed by atoms with E-state index in [-0.39, 0.29) is 32.7 Å². The van der Waals surface area contributed by atoms with Gasteiger partial charge in [-0.15, -0.1) is 0 Å². The highest BCUT2D eigenvalue weighted by Crippen LogP contribution is 2.43. The van der Waals surface area contributed by atoms with E-state index in [0.29, 0.717) is 12.8 Å². The van der Waals surface area contributed by atoms with E-state index in [1.165, 1.54) is 116 Å². The maximum Gasteiger partial charge on any atom is 0.472 e. The molecule has 4 atom stereocenters. The Balaban J connectivity index is 4.52. The first-order valence-electron chi connectivity index (χ1n) is 21.6. The van der Waals surface area contributed by atoms with Crippen LogP contribution in [0, 0.1) is 0 Å².